The molecule has 0 aromatic carbocycles. The van der Waals surface area contributed by atoms with Gasteiger partial charge in [-0.3, -0.25) is 9.67 Å². The molecule has 1 atom stereocenters. The summed E-state index contributed by atoms with van der Waals surface area (Å²) in [6.07, 6.45) is 5.40. The van der Waals surface area contributed by atoms with Crippen molar-refractivity contribution in [3.05, 3.63) is 47.0 Å². The molecule has 0 bridgehead atoms. The molecule has 0 saturated carbocycles. The van der Waals surface area contributed by atoms with Crippen LogP contribution in [-0.2, 0) is 13.0 Å². The molecule has 0 radical (unpaired) electrons. The van der Waals surface area contributed by atoms with Crippen LogP contribution in [0.3, 0.4) is 0 Å². The molecule has 1 N–H and O–H groups in total. The van der Waals surface area contributed by atoms with E-state index in [2.05, 4.69) is 29.2 Å². The Morgan fingerprint density at radius 1 is 1.35 bits per heavy atom. The zero-order chi connectivity index (χ0) is 14.4. The van der Waals surface area contributed by atoms with Crippen molar-refractivity contribution in [2.24, 2.45) is 0 Å². The lowest BCUT2D eigenvalue weighted by atomic mass is 10.1. The largest absolute Gasteiger partial charge is 0.309 e. The van der Waals surface area contributed by atoms with E-state index in [0.717, 1.165) is 42.3 Å². The number of aromatic nitrogens is 3. The molecule has 0 spiro atoms. The zero-order valence-corrected chi connectivity index (χ0v) is 12.8. The summed E-state index contributed by atoms with van der Waals surface area (Å²) in [6.45, 7) is 6.00. The second-order valence-electron chi connectivity index (χ2n) is 4.74. The number of aryl methyl sites for hydroxylation is 1. The van der Waals surface area contributed by atoms with E-state index in [9.17, 15) is 0 Å². The summed E-state index contributed by atoms with van der Waals surface area (Å²) in [5.74, 6) is 0. The Morgan fingerprint density at radius 3 is 2.85 bits per heavy atom. The van der Waals surface area contributed by atoms with Gasteiger partial charge in [-0.25, -0.2) is 0 Å². The predicted octanol–water partition coefficient (Wildman–Crippen LogP) is 3.23. The number of nitrogens with zero attached hydrogens (tertiary/aromatic N) is 3. The molecule has 5 heteroatoms. The van der Waals surface area contributed by atoms with Crippen LogP contribution in [0.15, 0.2) is 30.6 Å². The van der Waals surface area contributed by atoms with Gasteiger partial charge >= 0.3 is 0 Å². The van der Waals surface area contributed by atoms with E-state index < -0.39 is 0 Å². The molecule has 2 heterocycles. The van der Waals surface area contributed by atoms with Crippen LogP contribution in [0.2, 0.25) is 5.02 Å². The third-order valence-corrected chi connectivity index (χ3v) is 3.48. The molecule has 20 heavy (non-hydrogen) atoms. The zero-order valence-electron chi connectivity index (χ0n) is 12.0. The topological polar surface area (TPSA) is 42.7 Å². The monoisotopic (exact) mass is 292 g/mol. The summed E-state index contributed by atoms with van der Waals surface area (Å²) in [5, 5.41) is 8.58. The van der Waals surface area contributed by atoms with Crippen molar-refractivity contribution in [1.29, 1.82) is 0 Å². The van der Waals surface area contributed by atoms with Crippen molar-refractivity contribution in [2.75, 3.05) is 6.54 Å². The minimum Gasteiger partial charge on any atom is -0.309 e. The van der Waals surface area contributed by atoms with Gasteiger partial charge < -0.3 is 5.32 Å². The minimum atomic E-state index is 0.136. The maximum Gasteiger partial charge on any atom is 0.0834 e. The third-order valence-electron chi connectivity index (χ3n) is 3.19. The highest BCUT2D eigenvalue weighted by atomic mass is 35.5. The van der Waals surface area contributed by atoms with E-state index in [4.69, 9.17) is 11.6 Å². The Morgan fingerprint density at radius 2 is 2.20 bits per heavy atom. The molecule has 0 saturated heterocycles. The maximum absolute atomic E-state index is 6.33. The molecule has 0 aliphatic heterocycles. The number of likely N-dealkylation sites (N-methyl/N-ethyl adjacent to an activating group) is 1. The highest BCUT2D eigenvalue weighted by molar-refractivity contribution is 6.31. The van der Waals surface area contributed by atoms with Gasteiger partial charge in [0.2, 0.25) is 0 Å². The third kappa shape index (κ3) is 3.58. The van der Waals surface area contributed by atoms with Gasteiger partial charge in [-0.15, -0.1) is 0 Å². The van der Waals surface area contributed by atoms with Gasteiger partial charge in [0.15, 0.2) is 0 Å². The minimum absolute atomic E-state index is 0.136. The fourth-order valence-corrected chi connectivity index (χ4v) is 2.62. The highest BCUT2D eigenvalue weighted by Gasteiger charge is 2.20. The lowest BCUT2D eigenvalue weighted by Crippen LogP contribution is -2.26. The fourth-order valence-electron chi connectivity index (χ4n) is 2.35. The normalized spacial score (nSPS) is 12.6. The van der Waals surface area contributed by atoms with Gasteiger partial charge in [-0.2, -0.15) is 5.10 Å². The first-order chi connectivity index (χ1) is 9.76. The summed E-state index contributed by atoms with van der Waals surface area (Å²) in [7, 11) is 0. The lowest BCUT2D eigenvalue weighted by Gasteiger charge is -2.19. The molecule has 2 aromatic heterocycles. The SMILES string of the molecule is CCCn1ncc(Cl)c1C(Cc1ccccn1)NCC. The first kappa shape index (κ1) is 15.0. The Labute approximate surface area is 125 Å². The van der Waals surface area contributed by atoms with E-state index in [1.807, 2.05) is 29.1 Å². The van der Waals surface area contributed by atoms with E-state index in [1.165, 1.54) is 0 Å². The number of hydrogen-bond donors (Lipinski definition) is 1. The average molecular weight is 293 g/mol. The van der Waals surface area contributed by atoms with Crippen molar-refractivity contribution in [1.82, 2.24) is 20.1 Å². The Bertz CT molecular complexity index is 524. The standard InChI is InChI=1S/C15H21ClN4/c1-3-9-20-15(13(16)11-19-20)14(17-4-2)10-12-7-5-6-8-18-12/h5-8,11,14,17H,3-4,9-10H2,1-2H3. The van der Waals surface area contributed by atoms with Crippen molar-refractivity contribution in [3.8, 4) is 0 Å². The van der Waals surface area contributed by atoms with Crippen molar-refractivity contribution in [3.63, 3.8) is 0 Å². The van der Waals surface area contributed by atoms with E-state index in [1.54, 1.807) is 6.20 Å². The Balaban J connectivity index is 2.26. The molecule has 4 nitrogen and oxygen atoms in total. The molecule has 0 fully saturated rings. The average Bonchev–Trinajstić information content (AvgIpc) is 2.81. The molecular weight excluding hydrogens is 272 g/mol. The van der Waals surface area contributed by atoms with Gasteiger partial charge in [-0.1, -0.05) is 31.5 Å². The smallest absolute Gasteiger partial charge is 0.0834 e. The Hall–Kier alpha value is -1.39. The molecule has 108 valence electrons. The van der Waals surface area contributed by atoms with Crippen LogP contribution in [0.5, 0.6) is 0 Å². The van der Waals surface area contributed by atoms with Crippen LogP contribution in [0.1, 0.15) is 37.7 Å². The first-order valence-corrected chi connectivity index (χ1v) is 7.48. The summed E-state index contributed by atoms with van der Waals surface area (Å²) in [4.78, 5) is 4.40. The molecule has 0 aliphatic carbocycles. The van der Waals surface area contributed by atoms with Gasteiger partial charge in [0, 0.05) is 24.9 Å². The van der Waals surface area contributed by atoms with Crippen molar-refractivity contribution >= 4 is 11.6 Å². The summed E-state index contributed by atoms with van der Waals surface area (Å²) in [5.41, 5.74) is 2.11. The quantitative estimate of drug-likeness (QED) is 0.852. The fraction of sp³-hybridized carbons (Fsp3) is 0.467. The van der Waals surface area contributed by atoms with Crippen LogP contribution in [0.25, 0.3) is 0 Å². The number of pyridine rings is 1. The number of hydrogen-bond acceptors (Lipinski definition) is 3. The van der Waals surface area contributed by atoms with Crippen molar-refractivity contribution < 1.29 is 0 Å². The van der Waals surface area contributed by atoms with Gasteiger partial charge in [0.05, 0.1) is 23.0 Å². The molecule has 1 unspecified atom stereocenters. The number of nitrogens with one attached hydrogen (secondary N) is 1. The second kappa shape index (κ2) is 7.41. The number of halogens is 1. The van der Waals surface area contributed by atoms with E-state index >= 15 is 0 Å². The predicted molar refractivity (Wildman–Crippen MR) is 81.9 cm³/mol. The molecular formula is C15H21ClN4. The van der Waals surface area contributed by atoms with Crippen LogP contribution in [0, 0.1) is 0 Å². The molecule has 0 amide bonds. The summed E-state index contributed by atoms with van der Waals surface area (Å²) >= 11 is 6.33. The highest BCUT2D eigenvalue weighted by Crippen LogP contribution is 2.25. The van der Waals surface area contributed by atoms with Gasteiger partial charge in [0.1, 0.15) is 0 Å². The van der Waals surface area contributed by atoms with Gasteiger partial charge in [0.25, 0.3) is 0 Å². The maximum atomic E-state index is 6.33. The molecule has 2 aromatic rings. The van der Waals surface area contributed by atoms with Crippen LogP contribution >= 0.6 is 11.6 Å². The molecule has 2 rings (SSSR count). The van der Waals surface area contributed by atoms with Crippen molar-refractivity contribution in [2.45, 2.75) is 39.3 Å². The summed E-state index contributed by atoms with van der Waals surface area (Å²) in [6, 6.07) is 6.12. The summed E-state index contributed by atoms with van der Waals surface area (Å²) < 4.78 is 2.00. The number of rotatable bonds is 7. The van der Waals surface area contributed by atoms with Crippen LogP contribution < -0.4 is 5.32 Å². The van der Waals surface area contributed by atoms with E-state index in [-0.39, 0.29) is 6.04 Å². The molecule has 0 aliphatic rings. The van der Waals surface area contributed by atoms with E-state index in [0.29, 0.717) is 0 Å². The Kier molecular flexibility index (Phi) is 5.56. The first-order valence-electron chi connectivity index (χ1n) is 7.10. The van der Waals surface area contributed by atoms with Crippen LogP contribution in [0.4, 0.5) is 0 Å². The lowest BCUT2D eigenvalue weighted by molar-refractivity contribution is 0.475. The van der Waals surface area contributed by atoms with Crippen LogP contribution in [-0.4, -0.2) is 21.3 Å². The second-order valence-corrected chi connectivity index (χ2v) is 5.14. The van der Waals surface area contributed by atoms with Gasteiger partial charge in [-0.05, 0) is 25.1 Å².